The first-order chi connectivity index (χ1) is 10.9. The second kappa shape index (κ2) is 8.34. The monoisotopic (exact) mass is 325 g/mol. The summed E-state index contributed by atoms with van der Waals surface area (Å²) in [5.41, 5.74) is 5.18. The molecule has 23 heavy (non-hydrogen) atoms. The first-order valence-electron chi connectivity index (χ1n) is 9.35. The Morgan fingerprint density at radius 2 is 2.00 bits per heavy atom. The van der Waals surface area contributed by atoms with Crippen molar-refractivity contribution in [1.82, 2.24) is 10.2 Å². The number of rotatable bonds is 5. The molecule has 0 aromatic rings. The second-order valence-electron chi connectivity index (χ2n) is 8.03. The fraction of sp³-hybridized carbons (Fsp3) is 0.944. The van der Waals surface area contributed by atoms with Gasteiger partial charge in [0, 0.05) is 18.6 Å². The van der Waals surface area contributed by atoms with Gasteiger partial charge in [0.05, 0.1) is 0 Å². The molecule has 1 heterocycles. The van der Waals surface area contributed by atoms with Gasteiger partial charge in [-0.05, 0) is 78.3 Å². The van der Waals surface area contributed by atoms with Gasteiger partial charge in [-0.2, -0.15) is 0 Å². The van der Waals surface area contributed by atoms with Crippen molar-refractivity contribution < 1.29 is 9.53 Å². The van der Waals surface area contributed by atoms with Crippen LogP contribution < -0.4 is 11.1 Å². The summed E-state index contributed by atoms with van der Waals surface area (Å²) in [6, 6.07) is 0.853. The largest absolute Gasteiger partial charge is 0.444 e. The third-order valence-corrected chi connectivity index (χ3v) is 5.03. The van der Waals surface area contributed by atoms with E-state index in [1.54, 1.807) is 0 Å². The standard InChI is InChI=1S/C18H35N3O2/c1-18(2,3)23-17(22)21-13-5-4-10-16(21)14-8-6-9-15(14)20-12-7-11-19/h14-16,20H,4-13,19H2,1-3H3. The lowest BCUT2D eigenvalue weighted by Crippen LogP contribution is -2.52. The second-order valence-corrected chi connectivity index (χ2v) is 8.03. The lowest BCUT2D eigenvalue weighted by atomic mass is 9.87. The van der Waals surface area contributed by atoms with E-state index in [0.29, 0.717) is 18.0 Å². The normalized spacial score (nSPS) is 28.9. The van der Waals surface area contributed by atoms with Crippen LogP contribution in [0.5, 0.6) is 0 Å². The predicted molar refractivity (Wildman–Crippen MR) is 93.4 cm³/mol. The van der Waals surface area contributed by atoms with E-state index in [0.717, 1.165) is 38.9 Å². The van der Waals surface area contributed by atoms with Crippen LogP contribution in [-0.4, -0.2) is 48.3 Å². The number of ether oxygens (including phenoxy) is 1. The number of carbonyl (C=O) groups excluding carboxylic acids is 1. The maximum atomic E-state index is 12.6. The molecule has 3 N–H and O–H groups in total. The minimum absolute atomic E-state index is 0.130. The molecule has 0 aromatic carbocycles. The van der Waals surface area contributed by atoms with Crippen LogP contribution in [0.25, 0.3) is 0 Å². The topological polar surface area (TPSA) is 67.6 Å². The van der Waals surface area contributed by atoms with E-state index in [-0.39, 0.29) is 6.09 Å². The third kappa shape index (κ3) is 5.35. The number of amides is 1. The van der Waals surface area contributed by atoms with Crippen molar-refractivity contribution in [3.05, 3.63) is 0 Å². The molecule has 5 nitrogen and oxygen atoms in total. The Bertz CT molecular complexity index is 381. The fourth-order valence-corrected chi connectivity index (χ4v) is 4.04. The Balaban J connectivity index is 2.00. The minimum Gasteiger partial charge on any atom is -0.444 e. The molecule has 2 rings (SSSR count). The van der Waals surface area contributed by atoms with Gasteiger partial charge in [0.25, 0.3) is 0 Å². The van der Waals surface area contributed by atoms with Gasteiger partial charge in [-0.25, -0.2) is 4.79 Å². The van der Waals surface area contributed by atoms with Gasteiger partial charge in [-0.1, -0.05) is 6.42 Å². The molecule has 2 fully saturated rings. The zero-order valence-electron chi connectivity index (χ0n) is 15.1. The molecule has 2 aliphatic rings. The molecule has 0 spiro atoms. The summed E-state index contributed by atoms with van der Waals surface area (Å²) < 4.78 is 5.65. The van der Waals surface area contributed by atoms with Gasteiger partial charge < -0.3 is 20.7 Å². The van der Waals surface area contributed by atoms with Crippen molar-refractivity contribution in [1.29, 1.82) is 0 Å². The molecule has 1 saturated carbocycles. The summed E-state index contributed by atoms with van der Waals surface area (Å²) in [5.74, 6) is 0.556. The number of likely N-dealkylation sites (tertiary alicyclic amines) is 1. The number of carbonyl (C=O) groups is 1. The summed E-state index contributed by atoms with van der Waals surface area (Å²) in [5, 5.41) is 3.68. The molecule has 134 valence electrons. The SMILES string of the molecule is CC(C)(C)OC(=O)N1CCCCC1C1CCCC1NCCCN. The molecule has 3 unspecified atom stereocenters. The Labute approximate surface area is 141 Å². The molecular weight excluding hydrogens is 290 g/mol. The molecular formula is C18H35N3O2. The van der Waals surface area contributed by atoms with E-state index in [1.807, 2.05) is 25.7 Å². The maximum Gasteiger partial charge on any atom is 0.410 e. The van der Waals surface area contributed by atoms with Crippen LogP contribution in [0.4, 0.5) is 4.79 Å². The van der Waals surface area contributed by atoms with Gasteiger partial charge in [0.2, 0.25) is 0 Å². The van der Waals surface area contributed by atoms with Crippen molar-refractivity contribution in [3.63, 3.8) is 0 Å². The van der Waals surface area contributed by atoms with E-state index < -0.39 is 5.60 Å². The Kier molecular flexibility index (Phi) is 6.72. The summed E-state index contributed by atoms with van der Waals surface area (Å²) >= 11 is 0. The Morgan fingerprint density at radius 1 is 1.22 bits per heavy atom. The molecule has 1 aliphatic heterocycles. The lowest BCUT2D eigenvalue weighted by molar-refractivity contribution is -0.0000744. The van der Waals surface area contributed by atoms with Crippen LogP contribution in [0.1, 0.15) is 65.7 Å². The van der Waals surface area contributed by atoms with E-state index in [9.17, 15) is 4.79 Å². The average molecular weight is 325 g/mol. The fourth-order valence-electron chi connectivity index (χ4n) is 4.04. The Morgan fingerprint density at radius 3 is 2.70 bits per heavy atom. The molecule has 1 aliphatic carbocycles. The molecule has 0 radical (unpaired) electrons. The van der Waals surface area contributed by atoms with E-state index >= 15 is 0 Å². The van der Waals surface area contributed by atoms with Crippen molar-refractivity contribution in [2.24, 2.45) is 11.7 Å². The summed E-state index contributed by atoms with van der Waals surface area (Å²) in [6.45, 7) is 8.38. The summed E-state index contributed by atoms with van der Waals surface area (Å²) in [6.07, 6.45) is 7.99. The number of piperidine rings is 1. The molecule has 1 saturated heterocycles. The number of nitrogens with two attached hydrogens (primary N) is 1. The van der Waals surface area contributed by atoms with Crippen molar-refractivity contribution >= 4 is 6.09 Å². The Hall–Kier alpha value is -0.810. The van der Waals surface area contributed by atoms with Crippen LogP contribution in [0.15, 0.2) is 0 Å². The number of hydrogen-bond acceptors (Lipinski definition) is 4. The number of nitrogens with zero attached hydrogens (tertiary/aromatic N) is 1. The first-order valence-corrected chi connectivity index (χ1v) is 9.35. The van der Waals surface area contributed by atoms with Crippen molar-refractivity contribution in [2.75, 3.05) is 19.6 Å². The highest BCUT2D eigenvalue weighted by atomic mass is 16.6. The lowest BCUT2D eigenvalue weighted by Gasteiger charge is -2.41. The van der Waals surface area contributed by atoms with E-state index in [1.165, 1.54) is 25.7 Å². The van der Waals surface area contributed by atoms with Gasteiger partial charge in [-0.15, -0.1) is 0 Å². The van der Waals surface area contributed by atoms with Crippen LogP contribution >= 0.6 is 0 Å². The smallest absolute Gasteiger partial charge is 0.410 e. The highest BCUT2D eigenvalue weighted by Gasteiger charge is 2.40. The van der Waals surface area contributed by atoms with Crippen LogP contribution in [0.2, 0.25) is 0 Å². The first kappa shape index (κ1) is 18.5. The number of nitrogens with one attached hydrogen (secondary N) is 1. The van der Waals surface area contributed by atoms with Gasteiger partial charge in [-0.3, -0.25) is 0 Å². The quantitative estimate of drug-likeness (QED) is 0.763. The zero-order chi connectivity index (χ0) is 16.9. The van der Waals surface area contributed by atoms with Crippen molar-refractivity contribution in [3.8, 4) is 0 Å². The average Bonchev–Trinajstić information content (AvgIpc) is 2.94. The zero-order valence-corrected chi connectivity index (χ0v) is 15.1. The minimum atomic E-state index is -0.423. The highest BCUT2D eigenvalue weighted by Crippen LogP contribution is 2.35. The van der Waals surface area contributed by atoms with Crippen LogP contribution in [0.3, 0.4) is 0 Å². The van der Waals surface area contributed by atoms with Crippen molar-refractivity contribution in [2.45, 2.75) is 83.4 Å². The van der Waals surface area contributed by atoms with Gasteiger partial charge in [0.1, 0.15) is 5.60 Å². The third-order valence-electron chi connectivity index (χ3n) is 5.03. The molecule has 3 atom stereocenters. The summed E-state index contributed by atoms with van der Waals surface area (Å²) in [4.78, 5) is 14.6. The molecule has 1 amide bonds. The highest BCUT2D eigenvalue weighted by molar-refractivity contribution is 5.68. The van der Waals surface area contributed by atoms with Gasteiger partial charge in [0.15, 0.2) is 0 Å². The van der Waals surface area contributed by atoms with E-state index in [2.05, 4.69) is 5.32 Å². The van der Waals surface area contributed by atoms with E-state index in [4.69, 9.17) is 10.5 Å². The molecule has 0 bridgehead atoms. The maximum absolute atomic E-state index is 12.6. The molecule has 5 heteroatoms. The molecule has 0 aromatic heterocycles. The number of hydrogen-bond donors (Lipinski definition) is 2. The predicted octanol–water partition coefficient (Wildman–Crippen LogP) is 2.88. The van der Waals surface area contributed by atoms with Crippen LogP contribution in [0, 0.1) is 5.92 Å². The van der Waals surface area contributed by atoms with Crippen LogP contribution in [-0.2, 0) is 4.74 Å². The summed E-state index contributed by atoms with van der Waals surface area (Å²) in [7, 11) is 0. The van der Waals surface area contributed by atoms with Gasteiger partial charge >= 0.3 is 6.09 Å².